The number of nitrogens with zero attached hydrogens (tertiary/aromatic N) is 2. The molecule has 0 fully saturated rings. The quantitative estimate of drug-likeness (QED) is 0.867. The predicted octanol–water partition coefficient (Wildman–Crippen LogP) is 1.23. The third kappa shape index (κ3) is 3.28. The highest BCUT2D eigenvalue weighted by molar-refractivity contribution is 9.10. The van der Waals surface area contributed by atoms with E-state index in [2.05, 4.69) is 31.2 Å². The van der Waals surface area contributed by atoms with Crippen molar-refractivity contribution < 1.29 is 4.74 Å². The van der Waals surface area contributed by atoms with Crippen LogP contribution in [-0.4, -0.2) is 29.7 Å². The van der Waals surface area contributed by atoms with Crippen LogP contribution in [0.15, 0.2) is 17.0 Å². The van der Waals surface area contributed by atoms with Gasteiger partial charge in [-0.05, 0) is 29.9 Å². The predicted molar refractivity (Wildman–Crippen MR) is 53.7 cm³/mol. The minimum atomic E-state index is 0.0937. The van der Waals surface area contributed by atoms with E-state index in [0.717, 1.165) is 11.0 Å². The Labute approximate surface area is 85.9 Å². The fourth-order valence-electron chi connectivity index (χ4n) is 0.908. The van der Waals surface area contributed by atoms with Gasteiger partial charge in [0.15, 0.2) is 0 Å². The van der Waals surface area contributed by atoms with Crippen molar-refractivity contribution in [3.63, 3.8) is 0 Å². The Balaban J connectivity index is 2.58. The Morgan fingerprint density at radius 1 is 1.69 bits per heavy atom. The molecule has 0 aliphatic carbocycles. The van der Waals surface area contributed by atoms with Crippen LogP contribution in [0.2, 0.25) is 0 Å². The van der Waals surface area contributed by atoms with E-state index in [1.54, 1.807) is 6.20 Å². The van der Waals surface area contributed by atoms with Gasteiger partial charge >= 0.3 is 0 Å². The number of rotatable bonds is 4. The largest absolute Gasteiger partial charge is 0.472 e. The van der Waals surface area contributed by atoms with E-state index in [4.69, 9.17) is 4.74 Å². The van der Waals surface area contributed by atoms with Gasteiger partial charge in [-0.1, -0.05) is 0 Å². The van der Waals surface area contributed by atoms with Crippen molar-refractivity contribution in [2.45, 2.75) is 13.0 Å². The van der Waals surface area contributed by atoms with Gasteiger partial charge < -0.3 is 10.1 Å². The van der Waals surface area contributed by atoms with Crippen molar-refractivity contribution in [1.82, 2.24) is 15.3 Å². The zero-order chi connectivity index (χ0) is 9.68. The summed E-state index contributed by atoms with van der Waals surface area (Å²) in [6, 6.07) is 0. The van der Waals surface area contributed by atoms with E-state index in [0.29, 0.717) is 5.88 Å². The van der Waals surface area contributed by atoms with Gasteiger partial charge in [0.1, 0.15) is 12.4 Å². The summed E-state index contributed by atoms with van der Waals surface area (Å²) >= 11 is 3.31. The molecule has 5 heteroatoms. The molecule has 0 aliphatic heterocycles. The average Bonchev–Trinajstić information content (AvgIpc) is 2.09. The van der Waals surface area contributed by atoms with E-state index in [-0.39, 0.29) is 6.10 Å². The molecule has 1 heterocycles. The van der Waals surface area contributed by atoms with Gasteiger partial charge in [-0.15, -0.1) is 0 Å². The van der Waals surface area contributed by atoms with Crippen LogP contribution in [-0.2, 0) is 0 Å². The Bertz CT molecular complexity index is 269. The normalized spacial score (nSPS) is 12.5. The van der Waals surface area contributed by atoms with Gasteiger partial charge in [-0.3, -0.25) is 0 Å². The van der Waals surface area contributed by atoms with Crippen LogP contribution in [0.1, 0.15) is 6.92 Å². The number of hydrogen-bond donors (Lipinski definition) is 1. The lowest BCUT2D eigenvalue weighted by Gasteiger charge is -2.13. The summed E-state index contributed by atoms with van der Waals surface area (Å²) in [6.07, 6.45) is 3.22. The van der Waals surface area contributed by atoms with Gasteiger partial charge in [0.2, 0.25) is 5.88 Å². The lowest BCUT2D eigenvalue weighted by atomic mass is 10.4. The molecule has 1 aromatic heterocycles. The number of halogens is 1. The maximum absolute atomic E-state index is 5.53. The highest BCUT2D eigenvalue weighted by Crippen LogP contribution is 2.20. The lowest BCUT2D eigenvalue weighted by Crippen LogP contribution is -2.26. The van der Waals surface area contributed by atoms with Crippen molar-refractivity contribution in [3.8, 4) is 5.88 Å². The monoisotopic (exact) mass is 245 g/mol. The molecule has 0 saturated carbocycles. The topological polar surface area (TPSA) is 47.0 Å². The van der Waals surface area contributed by atoms with Gasteiger partial charge in [-0.2, -0.15) is 0 Å². The molecule has 0 saturated heterocycles. The number of nitrogens with one attached hydrogen (secondary N) is 1. The zero-order valence-corrected chi connectivity index (χ0v) is 9.21. The van der Waals surface area contributed by atoms with E-state index < -0.39 is 0 Å². The summed E-state index contributed by atoms with van der Waals surface area (Å²) in [6.45, 7) is 2.77. The van der Waals surface area contributed by atoms with E-state index >= 15 is 0 Å². The first-order valence-corrected chi connectivity index (χ1v) is 4.80. The SMILES string of the molecule is CNCC(C)Oc1ncncc1Br. The Morgan fingerprint density at radius 3 is 3.08 bits per heavy atom. The fourth-order valence-corrected chi connectivity index (χ4v) is 1.22. The second-order valence-corrected chi connectivity index (χ2v) is 3.52. The molecule has 0 bridgehead atoms. The summed E-state index contributed by atoms with van der Waals surface area (Å²) in [5, 5.41) is 3.02. The third-order valence-electron chi connectivity index (χ3n) is 1.44. The second kappa shape index (κ2) is 5.14. The second-order valence-electron chi connectivity index (χ2n) is 2.66. The molecule has 0 aliphatic rings. The molecule has 1 atom stereocenters. The zero-order valence-electron chi connectivity index (χ0n) is 7.62. The first-order chi connectivity index (χ1) is 6.24. The number of hydrogen-bond acceptors (Lipinski definition) is 4. The fraction of sp³-hybridized carbons (Fsp3) is 0.500. The number of aromatic nitrogens is 2. The molecular weight excluding hydrogens is 234 g/mol. The summed E-state index contributed by atoms with van der Waals surface area (Å²) in [7, 11) is 1.88. The van der Waals surface area contributed by atoms with E-state index in [1.165, 1.54) is 6.33 Å². The van der Waals surface area contributed by atoms with Gasteiger partial charge in [0, 0.05) is 12.7 Å². The van der Waals surface area contributed by atoms with Crippen LogP contribution in [0.5, 0.6) is 5.88 Å². The highest BCUT2D eigenvalue weighted by Gasteiger charge is 2.06. The molecular formula is C8H12BrN3O. The van der Waals surface area contributed by atoms with Gasteiger partial charge in [-0.25, -0.2) is 9.97 Å². The van der Waals surface area contributed by atoms with Crippen LogP contribution in [0.3, 0.4) is 0 Å². The molecule has 0 amide bonds. The van der Waals surface area contributed by atoms with Crippen LogP contribution in [0.4, 0.5) is 0 Å². The Hall–Kier alpha value is -0.680. The van der Waals surface area contributed by atoms with Crippen LogP contribution in [0.25, 0.3) is 0 Å². The lowest BCUT2D eigenvalue weighted by molar-refractivity contribution is 0.210. The van der Waals surface area contributed by atoms with E-state index in [9.17, 15) is 0 Å². The standard InChI is InChI=1S/C8H12BrN3O/c1-6(3-10-2)13-8-7(9)4-11-5-12-8/h4-6,10H,3H2,1-2H3. The minimum absolute atomic E-state index is 0.0937. The number of likely N-dealkylation sites (N-methyl/N-ethyl adjacent to an activating group) is 1. The summed E-state index contributed by atoms with van der Waals surface area (Å²) in [5.41, 5.74) is 0. The van der Waals surface area contributed by atoms with Crippen LogP contribution >= 0.6 is 15.9 Å². The molecule has 1 N–H and O–H groups in total. The van der Waals surface area contributed by atoms with Gasteiger partial charge in [0.25, 0.3) is 0 Å². The first-order valence-electron chi connectivity index (χ1n) is 4.00. The first kappa shape index (κ1) is 10.4. The molecule has 1 rings (SSSR count). The molecule has 1 aromatic rings. The molecule has 72 valence electrons. The van der Waals surface area contributed by atoms with Gasteiger partial charge in [0.05, 0.1) is 4.47 Å². The average molecular weight is 246 g/mol. The molecule has 0 radical (unpaired) electrons. The van der Waals surface area contributed by atoms with Crippen LogP contribution < -0.4 is 10.1 Å². The summed E-state index contributed by atoms with van der Waals surface area (Å²) < 4.78 is 6.30. The van der Waals surface area contributed by atoms with Crippen molar-refractivity contribution in [2.75, 3.05) is 13.6 Å². The molecule has 1 unspecified atom stereocenters. The van der Waals surface area contributed by atoms with Crippen molar-refractivity contribution in [2.24, 2.45) is 0 Å². The summed E-state index contributed by atoms with van der Waals surface area (Å²) in [5.74, 6) is 0.581. The molecule has 0 aromatic carbocycles. The van der Waals surface area contributed by atoms with Crippen molar-refractivity contribution >= 4 is 15.9 Å². The Morgan fingerprint density at radius 2 is 2.46 bits per heavy atom. The van der Waals surface area contributed by atoms with Crippen molar-refractivity contribution in [3.05, 3.63) is 17.0 Å². The molecule has 0 spiro atoms. The van der Waals surface area contributed by atoms with Crippen LogP contribution in [0, 0.1) is 0 Å². The van der Waals surface area contributed by atoms with E-state index in [1.807, 2.05) is 14.0 Å². The molecule has 4 nitrogen and oxygen atoms in total. The molecule has 13 heavy (non-hydrogen) atoms. The minimum Gasteiger partial charge on any atom is -0.472 e. The smallest absolute Gasteiger partial charge is 0.231 e. The number of ether oxygens (including phenoxy) is 1. The highest BCUT2D eigenvalue weighted by atomic mass is 79.9. The maximum Gasteiger partial charge on any atom is 0.231 e. The van der Waals surface area contributed by atoms with Crippen molar-refractivity contribution in [1.29, 1.82) is 0 Å². The summed E-state index contributed by atoms with van der Waals surface area (Å²) in [4.78, 5) is 7.84. The Kier molecular flexibility index (Phi) is 4.11. The maximum atomic E-state index is 5.53. The third-order valence-corrected chi connectivity index (χ3v) is 1.98.